The lowest BCUT2D eigenvalue weighted by Gasteiger charge is -2.13. The Morgan fingerprint density at radius 3 is 2.72 bits per heavy atom. The van der Waals surface area contributed by atoms with Crippen LogP contribution in [0.1, 0.15) is 37.6 Å². The lowest BCUT2D eigenvalue weighted by Crippen LogP contribution is -2.09. The molecule has 0 aromatic carbocycles. The smallest absolute Gasteiger partial charge is 0.148 e. The van der Waals surface area contributed by atoms with E-state index in [1.165, 1.54) is 9.88 Å². The zero-order chi connectivity index (χ0) is 13.2. The van der Waals surface area contributed by atoms with Gasteiger partial charge in [0.2, 0.25) is 0 Å². The van der Waals surface area contributed by atoms with Gasteiger partial charge in [0.25, 0.3) is 0 Å². The second-order valence-corrected chi connectivity index (χ2v) is 6.41. The van der Waals surface area contributed by atoms with E-state index in [0.717, 1.165) is 18.9 Å². The minimum atomic E-state index is 0.132. The zero-order valence-corrected chi connectivity index (χ0v) is 12.2. The first kappa shape index (κ1) is 13.1. The molecule has 2 heterocycles. The number of aryl methyl sites for hydroxylation is 1. The van der Waals surface area contributed by atoms with Gasteiger partial charge in [-0.15, -0.1) is 11.3 Å². The molecule has 0 aliphatic heterocycles. The summed E-state index contributed by atoms with van der Waals surface area (Å²) in [4.78, 5) is 5.72. The van der Waals surface area contributed by atoms with Crippen LogP contribution in [-0.2, 0) is 18.5 Å². The molecule has 5 heteroatoms. The topological polar surface area (TPSA) is 42.7 Å². The lowest BCUT2D eigenvalue weighted by atomic mass is 9.98. The summed E-state index contributed by atoms with van der Waals surface area (Å²) < 4.78 is 1.91. The van der Waals surface area contributed by atoms with Gasteiger partial charge in [-0.1, -0.05) is 20.8 Å². The molecule has 2 aromatic heterocycles. The number of anilines is 1. The van der Waals surface area contributed by atoms with Crippen molar-refractivity contribution in [2.45, 2.75) is 46.2 Å². The van der Waals surface area contributed by atoms with Gasteiger partial charge in [0.05, 0.1) is 11.6 Å². The van der Waals surface area contributed by atoms with Gasteiger partial charge in [0.15, 0.2) is 0 Å². The molecule has 0 aliphatic rings. The maximum atomic E-state index is 4.47. The predicted molar refractivity (Wildman–Crippen MR) is 76.0 cm³/mol. The summed E-state index contributed by atoms with van der Waals surface area (Å²) in [5, 5.41) is 8.89. The van der Waals surface area contributed by atoms with Crippen molar-refractivity contribution in [3.8, 4) is 0 Å². The van der Waals surface area contributed by atoms with E-state index in [0.29, 0.717) is 0 Å². The monoisotopic (exact) mass is 264 g/mol. The summed E-state index contributed by atoms with van der Waals surface area (Å²) >= 11 is 1.76. The SMILES string of the molecule is CCn1ccc(NCc2cnc(C(C)(C)C)s2)n1. The molecule has 4 nitrogen and oxygen atoms in total. The molecule has 2 rings (SSSR count). The van der Waals surface area contributed by atoms with Gasteiger partial charge in [-0.3, -0.25) is 4.68 Å². The highest BCUT2D eigenvalue weighted by Gasteiger charge is 2.17. The second-order valence-electron chi connectivity index (χ2n) is 5.29. The van der Waals surface area contributed by atoms with Crippen molar-refractivity contribution < 1.29 is 0 Å². The lowest BCUT2D eigenvalue weighted by molar-refractivity contribution is 0.585. The molecule has 18 heavy (non-hydrogen) atoms. The number of nitrogens with one attached hydrogen (secondary N) is 1. The fraction of sp³-hybridized carbons (Fsp3) is 0.538. The zero-order valence-electron chi connectivity index (χ0n) is 11.4. The first-order valence-corrected chi connectivity index (χ1v) is 7.03. The number of hydrogen-bond donors (Lipinski definition) is 1. The molecule has 0 fully saturated rings. The van der Waals surface area contributed by atoms with E-state index in [9.17, 15) is 0 Å². The van der Waals surface area contributed by atoms with Gasteiger partial charge in [0, 0.05) is 35.3 Å². The Bertz CT molecular complexity index is 507. The Morgan fingerprint density at radius 1 is 1.39 bits per heavy atom. The summed E-state index contributed by atoms with van der Waals surface area (Å²) in [5.41, 5.74) is 0.132. The van der Waals surface area contributed by atoms with E-state index in [1.807, 2.05) is 23.1 Å². The van der Waals surface area contributed by atoms with Crippen molar-refractivity contribution in [2.75, 3.05) is 5.32 Å². The highest BCUT2D eigenvalue weighted by molar-refractivity contribution is 7.11. The van der Waals surface area contributed by atoms with Gasteiger partial charge in [-0.05, 0) is 6.92 Å². The van der Waals surface area contributed by atoms with Crippen LogP contribution in [0.3, 0.4) is 0 Å². The van der Waals surface area contributed by atoms with E-state index >= 15 is 0 Å². The normalized spacial score (nSPS) is 11.8. The van der Waals surface area contributed by atoms with Crippen molar-refractivity contribution in [1.82, 2.24) is 14.8 Å². The number of aromatic nitrogens is 3. The Kier molecular flexibility index (Phi) is 3.71. The molecule has 0 atom stereocenters. The van der Waals surface area contributed by atoms with Gasteiger partial charge in [-0.25, -0.2) is 4.98 Å². The molecule has 98 valence electrons. The largest absolute Gasteiger partial charge is 0.364 e. The van der Waals surface area contributed by atoms with Crippen LogP contribution < -0.4 is 5.32 Å². The fourth-order valence-corrected chi connectivity index (χ4v) is 2.46. The predicted octanol–water partition coefficient (Wildman–Crippen LogP) is 3.27. The Hall–Kier alpha value is -1.36. The Labute approximate surface area is 112 Å². The molecule has 0 unspecified atom stereocenters. The van der Waals surface area contributed by atoms with Crippen LogP contribution in [0.25, 0.3) is 0 Å². The van der Waals surface area contributed by atoms with Crippen LogP contribution in [-0.4, -0.2) is 14.8 Å². The van der Waals surface area contributed by atoms with E-state index in [4.69, 9.17) is 0 Å². The Morgan fingerprint density at radius 2 is 2.17 bits per heavy atom. The molecule has 0 spiro atoms. The highest BCUT2D eigenvalue weighted by atomic mass is 32.1. The summed E-state index contributed by atoms with van der Waals surface area (Å²) in [7, 11) is 0. The minimum absolute atomic E-state index is 0.132. The van der Waals surface area contributed by atoms with Gasteiger partial charge in [-0.2, -0.15) is 5.10 Å². The molecule has 0 saturated heterocycles. The number of rotatable bonds is 4. The molecule has 0 radical (unpaired) electrons. The summed E-state index contributed by atoms with van der Waals surface area (Å²) in [6.07, 6.45) is 3.94. The molecule has 0 aliphatic carbocycles. The van der Waals surface area contributed by atoms with Gasteiger partial charge in [0.1, 0.15) is 5.82 Å². The first-order chi connectivity index (χ1) is 8.49. The van der Waals surface area contributed by atoms with E-state index in [1.54, 1.807) is 11.3 Å². The van der Waals surface area contributed by atoms with Crippen LogP contribution in [0.15, 0.2) is 18.5 Å². The van der Waals surface area contributed by atoms with Crippen molar-refractivity contribution in [2.24, 2.45) is 0 Å². The Balaban J connectivity index is 1.96. The van der Waals surface area contributed by atoms with E-state index in [2.05, 4.69) is 43.1 Å². The molecule has 0 amide bonds. The van der Waals surface area contributed by atoms with Crippen LogP contribution in [0, 0.1) is 0 Å². The number of thiazole rings is 1. The average molecular weight is 264 g/mol. The van der Waals surface area contributed by atoms with Crippen molar-refractivity contribution >= 4 is 17.2 Å². The van der Waals surface area contributed by atoms with Crippen molar-refractivity contribution in [3.63, 3.8) is 0 Å². The van der Waals surface area contributed by atoms with Crippen LogP contribution in [0.4, 0.5) is 5.82 Å². The summed E-state index contributed by atoms with van der Waals surface area (Å²) in [6, 6.07) is 2.00. The van der Waals surface area contributed by atoms with Crippen LogP contribution in [0.2, 0.25) is 0 Å². The number of hydrogen-bond acceptors (Lipinski definition) is 4. The minimum Gasteiger partial charge on any atom is -0.364 e. The molecule has 1 N–H and O–H groups in total. The average Bonchev–Trinajstić information content (AvgIpc) is 2.94. The maximum absolute atomic E-state index is 4.47. The molecular formula is C13H20N4S. The molecule has 2 aromatic rings. The highest BCUT2D eigenvalue weighted by Crippen LogP contribution is 2.27. The maximum Gasteiger partial charge on any atom is 0.148 e. The standard InChI is InChI=1S/C13H20N4S/c1-5-17-7-6-11(16-17)14-8-10-9-15-12(18-10)13(2,3)4/h6-7,9H,5,8H2,1-4H3,(H,14,16). The first-order valence-electron chi connectivity index (χ1n) is 6.21. The molecule has 0 bridgehead atoms. The third kappa shape index (κ3) is 3.10. The second kappa shape index (κ2) is 5.10. The molecular weight excluding hydrogens is 244 g/mol. The van der Waals surface area contributed by atoms with Crippen molar-refractivity contribution in [1.29, 1.82) is 0 Å². The van der Waals surface area contributed by atoms with Gasteiger partial charge < -0.3 is 5.32 Å². The van der Waals surface area contributed by atoms with Crippen molar-refractivity contribution in [3.05, 3.63) is 28.3 Å². The van der Waals surface area contributed by atoms with Crippen LogP contribution in [0.5, 0.6) is 0 Å². The summed E-state index contributed by atoms with van der Waals surface area (Å²) in [5.74, 6) is 0.919. The summed E-state index contributed by atoms with van der Waals surface area (Å²) in [6.45, 7) is 10.3. The quantitative estimate of drug-likeness (QED) is 0.921. The third-order valence-corrected chi connectivity index (χ3v) is 4.03. The van der Waals surface area contributed by atoms with E-state index in [-0.39, 0.29) is 5.41 Å². The molecule has 0 saturated carbocycles. The van der Waals surface area contributed by atoms with E-state index < -0.39 is 0 Å². The fourth-order valence-electron chi connectivity index (χ4n) is 1.55. The number of nitrogens with zero attached hydrogens (tertiary/aromatic N) is 3. The van der Waals surface area contributed by atoms with Crippen LogP contribution >= 0.6 is 11.3 Å². The third-order valence-electron chi connectivity index (χ3n) is 2.60. The van der Waals surface area contributed by atoms with Gasteiger partial charge >= 0.3 is 0 Å².